The Kier molecular flexibility index (Phi) is 7.81. The van der Waals surface area contributed by atoms with E-state index in [0.29, 0.717) is 0 Å². The molecule has 0 aliphatic rings. The van der Waals surface area contributed by atoms with Gasteiger partial charge in [-0.25, -0.2) is 0 Å². The van der Waals surface area contributed by atoms with E-state index >= 15 is 0 Å². The molecule has 2 aromatic carbocycles. The maximum absolute atomic E-state index is 4.30. The molecular weight excluding hydrogens is 320 g/mol. The summed E-state index contributed by atoms with van der Waals surface area (Å²) in [7, 11) is 0. The number of aryl methyl sites for hydroxylation is 2. The summed E-state index contributed by atoms with van der Waals surface area (Å²) >= 11 is 1.76. The van der Waals surface area contributed by atoms with Gasteiger partial charge < -0.3 is 0 Å². The fourth-order valence-electron chi connectivity index (χ4n) is 2.92. The van der Waals surface area contributed by atoms with Gasteiger partial charge in [-0.1, -0.05) is 93.2 Å². The van der Waals surface area contributed by atoms with E-state index in [2.05, 4.69) is 94.1 Å². The Labute approximate surface area is 157 Å². The summed E-state index contributed by atoms with van der Waals surface area (Å²) in [6, 6.07) is 17.3. The quantitative estimate of drug-likeness (QED) is 0.352. The van der Waals surface area contributed by atoms with Crippen molar-refractivity contribution in [1.82, 2.24) is 0 Å². The van der Waals surface area contributed by atoms with Crippen LogP contribution in [0.25, 0.3) is 5.57 Å². The van der Waals surface area contributed by atoms with Crippen molar-refractivity contribution in [3.8, 4) is 0 Å². The predicted molar refractivity (Wildman–Crippen MR) is 114 cm³/mol. The van der Waals surface area contributed by atoms with E-state index in [1.165, 1.54) is 27.2 Å². The topological polar surface area (TPSA) is 0 Å². The highest BCUT2D eigenvalue weighted by molar-refractivity contribution is 8.03. The molecular formula is C24H28S. The molecule has 2 aromatic rings. The Morgan fingerprint density at radius 2 is 1.68 bits per heavy atom. The van der Waals surface area contributed by atoms with Crippen LogP contribution in [0.4, 0.5) is 0 Å². The third-order valence-corrected chi connectivity index (χ3v) is 5.10. The van der Waals surface area contributed by atoms with Gasteiger partial charge in [-0.15, -0.1) is 0 Å². The summed E-state index contributed by atoms with van der Waals surface area (Å²) in [5, 5.41) is 0. The van der Waals surface area contributed by atoms with Crippen molar-refractivity contribution in [2.45, 2.75) is 44.9 Å². The standard InChI is InChI=1S/C24H28S/c1-5-12-21-15-8-10-16-23(21)22(13-6-2)18-19(4)25-24-17-11-9-14-20(24)7-3/h6,8-11,13-18H,4-5,7,12H2,1-3H3/b13-6-,22-18-. The van der Waals surface area contributed by atoms with Gasteiger partial charge in [0.2, 0.25) is 0 Å². The molecule has 0 atom stereocenters. The number of rotatable bonds is 8. The summed E-state index contributed by atoms with van der Waals surface area (Å²) in [5.41, 5.74) is 5.33. The second-order valence-corrected chi connectivity index (χ2v) is 7.20. The van der Waals surface area contributed by atoms with E-state index in [1.807, 2.05) is 0 Å². The molecule has 0 saturated heterocycles. The Bertz CT molecular complexity index is 765. The second kappa shape index (κ2) is 10.1. The largest absolute Gasteiger partial charge is 0.0904 e. The lowest BCUT2D eigenvalue weighted by Gasteiger charge is -2.12. The van der Waals surface area contributed by atoms with Crippen LogP contribution >= 0.6 is 11.8 Å². The Morgan fingerprint density at radius 1 is 1.00 bits per heavy atom. The average Bonchev–Trinajstić information content (AvgIpc) is 2.62. The van der Waals surface area contributed by atoms with Gasteiger partial charge in [0.05, 0.1) is 0 Å². The van der Waals surface area contributed by atoms with Crippen LogP contribution in [0, 0.1) is 0 Å². The third-order valence-electron chi connectivity index (χ3n) is 4.10. The van der Waals surface area contributed by atoms with Gasteiger partial charge in [0.1, 0.15) is 0 Å². The molecule has 1 heteroatoms. The molecule has 0 N–H and O–H groups in total. The van der Waals surface area contributed by atoms with Crippen LogP contribution in [0.1, 0.15) is 43.9 Å². The fourth-order valence-corrected chi connectivity index (χ4v) is 3.88. The molecule has 0 nitrogen and oxygen atoms in total. The van der Waals surface area contributed by atoms with E-state index < -0.39 is 0 Å². The summed E-state index contributed by atoms with van der Waals surface area (Å²) in [5.74, 6) is 0. The normalized spacial score (nSPS) is 11.9. The molecule has 0 bridgehead atoms. The molecule has 2 rings (SSSR count). The molecule has 0 spiro atoms. The summed E-state index contributed by atoms with van der Waals surface area (Å²) in [6.07, 6.45) is 9.80. The first-order valence-electron chi connectivity index (χ1n) is 9.06. The molecule has 0 unspecified atom stereocenters. The summed E-state index contributed by atoms with van der Waals surface area (Å²) in [6.45, 7) is 10.8. The number of benzene rings is 2. The van der Waals surface area contributed by atoms with Crippen molar-refractivity contribution in [1.29, 1.82) is 0 Å². The molecule has 0 amide bonds. The van der Waals surface area contributed by atoms with Gasteiger partial charge >= 0.3 is 0 Å². The van der Waals surface area contributed by atoms with E-state index in [1.54, 1.807) is 11.8 Å². The molecule has 0 aliphatic heterocycles. The Balaban J connectivity index is 2.32. The van der Waals surface area contributed by atoms with Crippen molar-refractivity contribution >= 4 is 17.3 Å². The second-order valence-electron chi connectivity index (χ2n) is 6.04. The van der Waals surface area contributed by atoms with Crippen LogP contribution in [0.15, 0.2) is 83.1 Å². The van der Waals surface area contributed by atoms with Crippen LogP contribution in [0.5, 0.6) is 0 Å². The van der Waals surface area contributed by atoms with Crippen molar-refractivity contribution in [3.05, 3.63) is 94.9 Å². The van der Waals surface area contributed by atoms with Crippen molar-refractivity contribution in [2.24, 2.45) is 0 Å². The van der Waals surface area contributed by atoms with Gasteiger partial charge in [-0.3, -0.25) is 0 Å². The number of thioether (sulfide) groups is 1. The lowest BCUT2D eigenvalue weighted by atomic mass is 9.96. The minimum atomic E-state index is 1.04. The van der Waals surface area contributed by atoms with Crippen LogP contribution in [0.2, 0.25) is 0 Å². The van der Waals surface area contributed by atoms with Crippen LogP contribution < -0.4 is 0 Å². The lowest BCUT2D eigenvalue weighted by molar-refractivity contribution is 0.919. The molecule has 130 valence electrons. The van der Waals surface area contributed by atoms with Gasteiger partial charge in [-0.2, -0.15) is 0 Å². The molecule has 0 aliphatic carbocycles. The van der Waals surface area contributed by atoms with Crippen molar-refractivity contribution in [2.75, 3.05) is 0 Å². The minimum absolute atomic E-state index is 1.04. The van der Waals surface area contributed by atoms with Crippen molar-refractivity contribution < 1.29 is 0 Å². The first-order valence-corrected chi connectivity index (χ1v) is 9.88. The van der Waals surface area contributed by atoms with E-state index in [0.717, 1.165) is 24.2 Å². The van der Waals surface area contributed by atoms with Gasteiger partial charge in [0, 0.05) is 9.80 Å². The minimum Gasteiger partial charge on any atom is -0.0904 e. The molecule has 25 heavy (non-hydrogen) atoms. The Morgan fingerprint density at radius 3 is 2.36 bits per heavy atom. The van der Waals surface area contributed by atoms with E-state index in [4.69, 9.17) is 0 Å². The maximum atomic E-state index is 4.30. The van der Waals surface area contributed by atoms with Gasteiger partial charge in [0.15, 0.2) is 0 Å². The smallest absolute Gasteiger partial charge is 0.0154 e. The maximum Gasteiger partial charge on any atom is 0.0154 e. The number of allylic oxidation sites excluding steroid dienone is 4. The van der Waals surface area contributed by atoms with E-state index in [-0.39, 0.29) is 0 Å². The van der Waals surface area contributed by atoms with E-state index in [9.17, 15) is 0 Å². The number of hydrogen-bond donors (Lipinski definition) is 0. The van der Waals surface area contributed by atoms with Crippen LogP contribution in [-0.2, 0) is 12.8 Å². The molecule has 0 heterocycles. The molecule has 0 aromatic heterocycles. The Hall–Kier alpha value is -1.99. The highest BCUT2D eigenvalue weighted by atomic mass is 32.2. The van der Waals surface area contributed by atoms with Gasteiger partial charge in [-0.05, 0) is 54.2 Å². The first kappa shape index (κ1) is 19.3. The SMILES string of the molecule is C=C(/C=C(/C=C\C)c1ccccc1CCC)Sc1ccccc1CC. The average molecular weight is 349 g/mol. The lowest BCUT2D eigenvalue weighted by Crippen LogP contribution is -1.92. The van der Waals surface area contributed by atoms with Crippen LogP contribution in [-0.4, -0.2) is 0 Å². The summed E-state index contributed by atoms with van der Waals surface area (Å²) in [4.78, 5) is 2.37. The molecule has 0 radical (unpaired) electrons. The monoisotopic (exact) mass is 348 g/mol. The predicted octanol–water partition coefficient (Wildman–Crippen LogP) is 7.47. The highest BCUT2D eigenvalue weighted by Crippen LogP contribution is 2.32. The zero-order chi connectivity index (χ0) is 18.1. The molecule has 0 saturated carbocycles. The summed E-state index contributed by atoms with van der Waals surface area (Å²) < 4.78 is 0. The number of hydrogen-bond acceptors (Lipinski definition) is 1. The zero-order valence-electron chi connectivity index (χ0n) is 15.6. The van der Waals surface area contributed by atoms with Crippen LogP contribution in [0.3, 0.4) is 0 Å². The first-order chi connectivity index (χ1) is 12.2. The van der Waals surface area contributed by atoms with Crippen molar-refractivity contribution in [3.63, 3.8) is 0 Å². The van der Waals surface area contributed by atoms with Gasteiger partial charge in [0.25, 0.3) is 0 Å². The molecule has 0 fully saturated rings. The fraction of sp³-hybridized carbons (Fsp3) is 0.250. The highest BCUT2D eigenvalue weighted by Gasteiger charge is 2.07. The zero-order valence-corrected chi connectivity index (χ0v) is 16.4. The third kappa shape index (κ3) is 5.51.